The number of carbonyl (C=O) groups excluding carboxylic acids is 1. The second kappa shape index (κ2) is 5.08. The van der Waals surface area contributed by atoms with Gasteiger partial charge in [0.15, 0.2) is 0 Å². The van der Waals surface area contributed by atoms with Gasteiger partial charge in [-0.1, -0.05) is 0 Å². The fourth-order valence-corrected chi connectivity index (χ4v) is 1.71. The van der Waals surface area contributed by atoms with Crippen LogP contribution >= 0.6 is 0 Å². The summed E-state index contributed by atoms with van der Waals surface area (Å²) < 4.78 is 38.3. The van der Waals surface area contributed by atoms with E-state index in [4.69, 9.17) is 5.84 Å². The number of nitrogen functional groups attached to an aromatic ring is 1. The predicted octanol–water partition coefficient (Wildman–Crippen LogP) is 2.13. The molecule has 4 N–H and O–H groups in total. The summed E-state index contributed by atoms with van der Waals surface area (Å²) in [7, 11) is 0. The summed E-state index contributed by atoms with van der Waals surface area (Å²) in [6, 6.07) is 3.26. The lowest BCUT2D eigenvalue weighted by molar-refractivity contribution is -0.137. The summed E-state index contributed by atoms with van der Waals surface area (Å²) in [6.07, 6.45) is -2.44. The molecule has 1 aromatic carbocycles. The molecule has 0 unspecified atom stereocenters. The Morgan fingerprint density at radius 3 is 2.58 bits per heavy atom. The van der Waals surface area contributed by atoms with Crippen LogP contribution in [0.4, 0.5) is 18.9 Å². The Morgan fingerprint density at radius 1 is 1.37 bits per heavy atom. The molecule has 0 spiro atoms. The van der Waals surface area contributed by atoms with Gasteiger partial charge < -0.3 is 10.7 Å². The Kier molecular flexibility index (Phi) is 3.66. The van der Waals surface area contributed by atoms with E-state index in [1.807, 2.05) is 5.43 Å². The van der Waals surface area contributed by atoms with E-state index in [9.17, 15) is 18.0 Å². The molecule has 0 aliphatic heterocycles. The molecule has 1 amide bonds. The molecule has 0 heterocycles. The van der Waals surface area contributed by atoms with Crippen molar-refractivity contribution in [1.82, 2.24) is 5.32 Å². The largest absolute Gasteiger partial charge is 0.418 e. The van der Waals surface area contributed by atoms with Crippen molar-refractivity contribution >= 4 is 11.6 Å². The summed E-state index contributed by atoms with van der Waals surface area (Å²) in [5, 5.41) is 2.62. The van der Waals surface area contributed by atoms with E-state index >= 15 is 0 Å². The number of benzene rings is 1. The van der Waals surface area contributed by atoms with Gasteiger partial charge >= 0.3 is 6.18 Å². The van der Waals surface area contributed by atoms with Gasteiger partial charge in [-0.25, -0.2) is 0 Å². The fourth-order valence-electron chi connectivity index (χ4n) is 1.71. The molecule has 0 saturated heterocycles. The lowest BCUT2D eigenvalue weighted by Crippen LogP contribution is -2.26. The fraction of sp³-hybridized carbons (Fsp3) is 0.417. The van der Waals surface area contributed by atoms with Gasteiger partial charge in [-0.15, -0.1) is 0 Å². The number of alkyl halides is 3. The van der Waals surface area contributed by atoms with Gasteiger partial charge in [-0.05, 0) is 37.0 Å². The number of carbonyl (C=O) groups is 1. The van der Waals surface area contributed by atoms with Gasteiger partial charge in [0.2, 0.25) is 0 Å². The van der Waals surface area contributed by atoms with Crippen molar-refractivity contribution in [2.24, 2.45) is 11.8 Å². The first kappa shape index (κ1) is 13.7. The van der Waals surface area contributed by atoms with Gasteiger partial charge in [-0.2, -0.15) is 13.2 Å². The van der Waals surface area contributed by atoms with E-state index in [2.05, 4.69) is 5.32 Å². The highest BCUT2D eigenvalue weighted by Gasteiger charge is 2.34. The van der Waals surface area contributed by atoms with Crippen LogP contribution < -0.4 is 16.6 Å². The molecular formula is C12H14F3N3O. The van der Waals surface area contributed by atoms with Crippen LogP contribution in [0.1, 0.15) is 28.8 Å². The minimum Gasteiger partial charge on any atom is -0.352 e. The lowest BCUT2D eigenvalue weighted by atomic mass is 10.1. The summed E-state index contributed by atoms with van der Waals surface area (Å²) in [4.78, 5) is 11.7. The zero-order chi connectivity index (χ0) is 14.0. The number of rotatable bonds is 4. The quantitative estimate of drug-likeness (QED) is 0.581. The van der Waals surface area contributed by atoms with Crippen LogP contribution in [0.15, 0.2) is 18.2 Å². The molecule has 0 atom stereocenters. The first-order valence-electron chi connectivity index (χ1n) is 5.88. The van der Waals surface area contributed by atoms with Crippen LogP contribution in [0.2, 0.25) is 0 Å². The average molecular weight is 273 g/mol. The number of hydrazine groups is 1. The maximum absolute atomic E-state index is 12.8. The molecule has 104 valence electrons. The third-order valence-electron chi connectivity index (χ3n) is 2.99. The lowest BCUT2D eigenvalue weighted by Gasteiger charge is -2.13. The zero-order valence-corrected chi connectivity index (χ0v) is 10.1. The number of amides is 1. The highest BCUT2D eigenvalue weighted by molar-refractivity contribution is 5.95. The van der Waals surface area contributed by atoms with E-state index in [-0.39, 0.29) is 11.3 Å². The molecule has 4 nitrogen and oxygen atoms in total. The highest BCUT2D eigenvalue weighted by atomic mass is 19.4. The Hall–Kier alpha value is -1.76. The number of anilines is 1. The van der Waals surface area contributed by atoms with Crippen molar-refractivity contribution in [2.45, 2.75) is 19.0 Å². The molecule has 19 heavy (non-hydrogen) atoms. The molecule has 0 radical (unpaired) electrons. The first-order chi connectivity index (χ1) is 8.91. The van der Waals surface area contributed by atoms with Crippen molar-refractivity contribution in [2.75, 3.05) is 12.0 Å². The summed E-state index contributed by atoms with van der Waals surface area (Å²) in [5.41, 5.74) is 0.747. The Morgan fingerprint density at radius 2 is 2.05 bits per heavy atom. The minimum atomic E-state index is -4.56. The smallest absolute Gasteiger partial charge is 0.352 e. The standard InChI is InChI=1S/C12H14F3N3O/c13-12(14,15)9-5-8(3-4-10(9)18-16)11(19)17-6-7-1-2-7/h3-5,7,18H,1-2,6,16H2,(H,17,19). The zero-order valence-electron chi connectivity index (χ0n) is 10.1. The minimum absolute atomic E-state index is 0.0213. The van der Waals surface area contributed by atoms with E-state index < -0.39 is 17.6 Å². The van der Waals surface area contributed by atoms with Crippen molar-refractivity contribution in [3.8, 4) is 0 Å². The second-order valence-electron chi connectivity index (χ2n) is 4.56. The molecule has 1 aliphatic rings. The van der Waals surface area contributed by atoms with E-state index in [1.165, 1.54) is 6.07 Å². The van der Waals surface area contributed by atoms with Gasteiger partial charge in [-0.3, -0.25) is 10.6 Å². The molecule has 1 aliphatic carbocycles. The van der Waals surface area contributed by atoms with Gasteiger partial charge in [0.05, 0.1) is 11.3 Å². The van der Waals surface area contributed by atoms with Crippen molar-refractivity contribution in [3.63, 3.8) is 0 Å². The van der Waals surface area contributed by atoms with E-state index in [0.717, 1.165) is 25.0 Å². The average Bonchev–Trinajstić information content (AvgIpc) is 3.18. The number of nitrogens with one attached hydrogen (secondary N) is 2. The first-order valence-corrected chi connectivity index (χ1v) is 5.88. The third-order valence-corrected chi connectivity index (χ3v) is 2.99. The molecule has 1 saturated carbocycles. The molecule has 7 heteroatoms. The molecule has 1 fully saturated rings. The molecule has 0 bridgehead atoms. The molecule has 2 rings (SSSR count). The van der Waals surface area contributed by atoms with Crippen LogP contribution in [-0.2, 0) is 6.18 Å². The monoisotopic (exact) mass is 273 g/mol. The van der Waals surface area contributed by atoms with Gasteiger partial charge in [0.1, 0.15) is 0 Å². The Labute approximate surface area is 108 Å². The normalized spacial score (nSPS) is 15.2. The van der Waals surface area contributed by atoms with Crippen LogP contribution in [-0.4, -0.2) is 12.5 Å². The van der Waals surface area contributed by atoms with Crippen molar-refractivity contribution in [1.29, 1.82) is 0 Å². The van der Waals surface area contributed by atoms with Crippen LogP contribution in [0.5, 0.6) is 0 Å². The number of halogens is 3. The van der Waals surface area contributed by atoms with Gasteiger partial charge in [0, 0.05) is 12.1 Å². The number of hydrogen-bond donors (Lipinski definition) is 3. The second-order valence-corrected chi connectivity index (χ2v) is 4.56. The Bertz CT molecular complexity index is 484. The summed E-state index contributed by atoms with van der Waals surface area (Å²) in [5.74, 6) is 5.00. The van der Waals surface area contributed by atoms with Crippen molar-refractivity contribution in [3.05, 3.63) is 29.3 Å². The highest BCUT2D eigenvalue weighted by Crippen LogP contribution is 2.35. The maximum Gasteiger partial charge on any atom is 0.418 e. The maximum atomic E-state index is 12.8. The predicted molar refractivity (Wildman–Crippen MR) is 64.3 cm³/mol. The molecular weight excluding hydrogens is 259 g/mol. The Balaban J connectivity index is 2.18. The van der Waals surface area contributed by atoms with E-state index in [1.54, 1.807) is 0 Å². The van der Waals surface area contributed by atoms with Gasteiger partial charge in [0.25, 0.3) is 5.91 Å². The molecule has 0 aromatic heterocycles. The topological polar surface area (TPSA) is 67.1 Å². The summed E-state index contributed by atoms with van der Waals surface area (Å²) in [6.45, 7) is 0.511. The van der Waals surface area contributed by atoms with Crippen LogP contribution in [0.3, 0.4) is 0 Å². The number of nitrogens with two attached hydrogens (primary N) is 1. The third kappa shape index (κ3) is 3.37. The van der Waals surface area contributed by atoms with Crippen LogP contribution in [0.25, 0.3) is 0 Å². The van der Waals surface area contributed by atoms with E-state index in [0.29, 0.717) is 12.5 Å². The van der Waals surface area contributed by atoms with Crippen molar-refractivity contribution < 1.29 is 18.0 Å². The number of hydrogen-bond acceptors (Lipinski definition) is 3. The SMILES string of the molecule is NNc1ccc(C(=O)NCC2CC2)cc1C(F)(F)F. The summed E-state index contributed by atoms with van der Waals surface area (Å²) >= 11 is 0. The molecule has 1 aromatic rings. The van der Waals surface area contributed by atoms with Crippen LogP contribution in [0, 0.1) is 5.92 Å².